The summed E-state index contributed by atoms with van der Waals surface area (Å²) < 4.78 is 1.63. The Balaban J connectivity index is 1.41. The number of benzene rings is 1. The molecule has 24 heavy (non-hydrogen) atoms. The summed E-state index contributed by atoms with van der Waals surface area (Å²) in [5.41, 5.74) is 1.14. The van der Waals surface area contributed by atoms with Crippen LogP contribution in [0.5, 0.6) is 0 Å². The Labute approximate surface area is 146 Å². The van der Waals surface area contributed by atoms with Gasteiger partial charge in [0, 0.05) is 36.8 Å². The first-order chi connectivity index (χ1) is 11.6. The smallest absolute Gasteiger partial charge is 0.221 e. The zero-order valence-corrected chi connectivity index (χ0v) is 14.4. The van der Waals surface area contributed by atoms with Crippen LogP contribution in [0.25, 0.3) is 0 Å². The van der Waals surface area contributed by atoms with E-state index < -0.39 is 0 Å². The van der Waals surface area contributed by atoms with Crippen molar-refractivity contribution in [2.45, 2.75) is 26.3 Å². The number of anilines is 1. The van der Waals surface area contributed by atoms with E-state index in [0.717, 1.165) is 36.0 Å². The van der Waals surface area contributed by atoms with Gasteiger partial charge in [-0.1, -0.05) is 17.7 Å². The van der Waals surface area contributed by atoms with E-state index in [-0.39, 0.29) is 5.91 Å². The van der Waals surface area contributed by atoms with Crippen LogP contribution in [0.3, 0.4) is 0 Å². The molecule has 1 saturated heterocycles. The lowest BCUT2D eigenvalue weighted by atomic mass is 10.1. The van der Waals surface area contributed by atoms with Crippen LogP contribution in [0.2, 0.25) is 5.02 Å². The Morgan fingerprint density at radius 1 is 1.46 bits per heavy atom. The van der Waals surface area contributed by atoms with Crippen molar-refractivity contribution in [3.8, 4) is 0 Å². The van der Waals surface area contributed by atoms with Gasteiger partial charge in [0.25, 0.3) is 0 Å². The van der Waals surface area contributed by atoms with Gasteiger partial charge in [0.2, 0.25) is 5.91 Å². The quantitative estimate of drug-likeness (QED) is 0.859. The number of nitrogens with zero attached hydrogens (tertiary/aromatic N) is 5. The van der Waals surface area contributed by atoms with E-state index in [1.165, 1.54) is 0 Å². The van der Waals surface area contributed by atoms with E-state index in [2.05, 4.69) is 31.8 Å². The number of halogens is 1. The lowest BCUT2D eigenvalue weighted by Gasteiger charge is -2.19. The van der Waals surface area contributed by atoms with Crippen molar-refractivity contribution in [2.75, 3.05) is 24.5 Å². The molecule has 0 spiro atoms. The summed E-state index contributed by atoms with van der Waals surface area (Å²) >= 11 is 6.05. The monoisotopic (exact) mass is 348 g/mol. The Morgan fingerprint density at radius 3 is 3.08 bits per heavy atom. The molecule has 2 heterocycles. The molecule has 1 N–H and O–H groups in total. The molecule has 1 aliphatic heterocycles. The van der Waals surface area contributed by atoms with Gasteiger partial charge in [0.05, 0.1) is 6.54 Å². The highest BCUT2D eigenvalue weighted by Crippen LogP contribution is 2.25. The molecular formula is C16H21ClN6O. The zero-order chi connectivity index (χ0) is 16.9. The molecule has 0 radical (unpaired) electrons. The minimum Gasteiger partial charge on any atom is -0.371 e. The normalized spacial score (nSPS) is 17.2. The first-order valence-corrected chi connectivity index (χ1v) is 8.49. The van der Waals surface area contributed by atoms with Gasteiger partial charge in [-0.3, -0.25) is 4.79 Å². The number of rotatable bonds is 6. The maximum atomic E-state index is 12.0. The minimum atomic E-state index is 0.0334. The maximum Gasteiger partial charge on any atom is 0.221 e. The number of aromatic nitrogens is 4. The average Bonchev–Trinajstić information content (AvgIpc) is 3.20. The molecule has 128 valence electrons. The molecule has 1 aromatic heterocycles. The van der Waals surface area contributed by atoms with Crippen LogP contribution in [-0.2, 0) is 11.3 Å². The second-order valence-corrected chi connectivity index (χ2v) is 6.52. The fourth-order valence-electron chi connectivity index (χ4n) is 2.92. The number of tetrazole rings is 1. The van der Waals surface area contributed by atoms with Crippen molar-refractivity contribution in [2.24, 2.45) is 5.92 Å². The zero-order valence-electron chi connectivity index (χ0n) is 13.7. The number of aryl methyl sites for hydroxylation is 2. The molecule has 2 aromatic rings. The molecular weight excluding hydrogens is 328 g/mol. The number of hydrogen-bond acceptors (Lipinski definition) is 5. The van der Waals surface area contributed by atoms with Gasteiger partial charge < -0.3 is 10.2 Å². The number of carbonyl (C=O) groups is 1. The van der Waals surface area contributed by atoms with Crippen LogP contribution < -0.4 is 10.2 Å². The first kappa shape index (κ1) is 16.7. The van der Waals surface area contributed by atoms with E-state index in [4.69, 9.17) is 11.6 Å². The topological polar surface area (TPSA) is 75.9 Å². The van der Waals surface area contributed by atoms with Crippen molar-refractivity contribution in [1.82, 2.24) is 25.5 Å². The molecule has 0 aliphatic carbocycles. The molecule has 1 fully saturated rings. The third kappa shape index (κ3) is 4.23. The fourth-order valence-corrected chi connectivity index (χ4v) is 3.10. The summed E-state index contributed by atoms with van der Waals surface area (Å²) in [7, 11) is 0. The maximum absolute atomic E-state index is 12.0. The van der Waals surface area contributed by atoms with Crippen molar-refractivity contribution in [3.63, 3.8) is 0 Å². The van der Waals surface area contributed by atoms with Crippen LogP contribution in [0, 0.1) is 12.8 Å². The summed E-state index contributed by atoms with van der Waals surface area (Å²) in [6.07, 6.45) is 1.45. The SMILES string of the molecule is Cc1nnnn1CCC(=O)NC[C@@H]1CCN(c2cccc(Cl)c2)C1. The molecule has 0 saturated carbocycles. The lowest BCUT2D eigenvalue weighted by Crippen LogP contribution is -2.31. The summed E-state index contributed by atoms with van der Waals surface area (Å²) in [5.74, 6) is 1.21. The lowest BCUT2D eigenvalue weighted by molar-refractivity contribution is -0.121. The van der Waals surface area contributed by atoms with E-state index in [1.54, 1.807) is 4.68 Å². The fraction of sp³-hybridized carbons (Fsp3) is 0.500. The van der Waals surface area contributed by atoms with Crippen molar-refractivity contribution < 1.29 is 4.79 Å². The van der Waals surface area contributed by atoms with E-state index in [1.807, 2.05) is 25.1 Å². The van der Waals surface area contributed by atoms with Gasteiger partial charge in [0.15, 0.2) is 0 Å². The Hall–Kier alpha value is -2.15. The summed E-state index contributed by atoms with van der Waals surface area (Å²) in [6, 6.07) is 7.90. The second-order valence-electron chi connectivity index (χ2n) is 6.08. The first-order valence-electron chi connectivity index (χ1n) is 8.12. The molecule has 1 atom stereocenters. The predicted octanol–water partition coefficient (Wildman–Crippen LogP) is 1.67. The van der Waals surface area contributed by atoms with E-state index in [9.17, 15) is 4.79 Å². The van der Waals surface area contributed by atoms with Gasteiger partial charge >= 0.3 is 0 Å². The number of nitrogens with one attached hydrogen (secondary N) is 1. The van der Waals surface area contributed by atoms with Crippen molar-refractivity contribution in [3.05, 3.63) is 35.1 Å². The minimum absolute atomic E-state index is 0.0334. The second kappa shape index (κ2) is 7.61. The van der Waals surface area contributed by atoms with Gasteiger partial charge in [0.1, 0.15) is 5.82 Å². The number of hydrogen-bond donors (Lipinski definition) is 1. The highest BCUT2D eigenvalue weighted by molar-refractivity contribution is 6.30. The molecule has 3 rings (SSSR count). The third-order valence-corrected chi connectivity index (χ3v) is 4.54. The van der Waals surface area contributed by atoms with Crippen LogP contribution in [0.15, 0.2) is 24.3 Å². The Bertz CT molecular complexity index is 703. The van der Waals surface area contributed by atoms with E-state index in [0.29, 0.717) is 25.4 Å². The molecule has 1 amide bonds. The number of amides is 1. The highest BCUT2D eigenvalue weighted by atomic mass is 35.5. The van der Waals surface area contributed by atoms with Gasteiger partial charge in [-0.05, 0) is 47.9 Å². The molecule has 0 unspecified atom stereocenters. The average molecular weight is 349 g/mol. The van der Waals surface area contributed by atoms with Crippen LogP contribution in [-0.4, -0.2) is 45.7 Å². The standard InChI is InChI=1S/C16H21ClN6O/c1-12-19-20-21-23(12)8-6-16(24)18-10-13-5-7-22(11-13)15-4-2-3-14(17)9-15/h2-4,9,13H,5-8,10-11H2,1H3,(H,18,24)/t13-/m0/s1. The van der Waals surface area contributed by atoms with E-state index >= 15 is 0 Å². The van der Waals surface area contributed by atoms with Crippen molar-refractivity contribution >= 4 is 23.2 Å². The Kier molecular flexibility index (Phi) is 5.30. The van der Waals surface area contributed by atoms with Crippen LogP contribution in [0.4, 0.5) is 5.69 Å². The predicted molar refractivity (Wildman–Crippen MR) is 92.0 cm³/mol. The third-order valence-electron chi connectivity index (χ3n) is 4.31. The van der Waals surface area contributed by atoms with Crippen LogP contribution >= 0.6 is 11.6 Å². The summed E-state index contributed by atoms with van der Waals surface area (Å²) in [4.78, 5) is 14.3. The molecule has 1 aromatic carbocycles. The van der Waals surface area contributed by atoms with Gasteiger partial charge in [-0.15, -0.1) is 5.10 Å². The highest BCUT2D eigenvalue weighted by Gasteiger charge is 2.23. The van der Waals surface area contributed by atoms with Gasteiger partial charge in [-0.25, -0.2) is 4.68 Å². The molecule has 7 nitrogen and oxygen atoms in total. The Morgan fingerprint density at radius 2 is 2.33 bits per heavy atom. The van der Waals surface area contributed by atoms with Gasteiger partial charge in [-0.2, -0.15) is 0 Å². The largest absolute Gasteiger partial charge is 0.371 e. The molecule has 8 heteroatoms. The van der Waals surface area contributed by atoms with Crippen LogP contribution in [0.1, 0.15) is 18.7 Å². The summed E-state index contributed by atoms with van der Waals surface area (Å²) in [5, 5.41) is 15.0. The molecule has 1 aliphatic rings. The van der Waals surface area contributed by atoms with Crippen molar-refractivity contribution in [1.29, 1.82) is 0 Å². The summed E-state index contributed by atoms with van der Waals surface area (Å²) in [6.45, 7) is 4.95. The molecule has 0 bridgehead atoms. The number of carbonyl (C=O) groups excluding carboxylic acids is 1.